The summed E-state index contributed by atoms with van der Waals surface area (Å²) in [5.41, 5.74) is 1.53. The van der Waals surface area contributed by atoms with Crippen molar-refractivity contribution in [3.63, 3.8) is 0 Å². The molecule has 2 atom stereocenters. The van der Waals surface area contributed by atoms with E-state index in [1.807, 2.05) is 0 Å². The molecule has 0 bridgehead atoms. The van der Waals surface area contributed by atoms with Crippen LogP contribution in [0.1, 0.15) is 24.4 Å². The third-order valence-corrected chi connectivity index (χ3v) is 6.36. The van der Waals surface area contributed by atoms with E-state index in [1.54, 1.807) is 47.0 Å². The number of nitrogens with zero attached hydrogens (tertiary/aromatic N) is 1. The second-order valence-electron chi connectivity index (χ2n) is 6.69. The van der Waals surface area contributed by atoms with Crippen molar-refractivity contribution < 1.29 is 14.0 Å². The highest BCUT2D eigenvalue weighted by atomic mass is 35.5. The second-order valence-corrected chi connectivity index (χ2v) is 8.26. The van der Waals surface area contributed by atoms with Crippen LogP contribution in [0.2, 0.25) is 5.02 Å². The first-order valence-electron chi connectivity index (χ1n) is 8.82. The maximum Gasteiger partial charge on any atom is 0.239 e. The van der Waals surface area contributed by atoms with E-state index in [0.29, 0.717) is 24.4 Å². The van der Waals surface area contributed by atoms with Crippen LogP contribution in [0.25, 0.3) is 0 Å². The van der Waals surface area contributed by atoms with Gasteiger partial charge in [0.15, 0.2) is 0 Å². The molecule has 27 heavy (non-hydrogen) atoms. The van der Waals surface area contributed by atoms with Crippen LogP contribution in [-0.2, 0) is 9.59 Å². The van der Waals surface area contributed by atoms with Gasteiger partial charge in [0.2, 0.25) is 11.8 Å². The molecule has 1 N–H and O–H groups in total. The summed E-state index contributed by atoms with van der Waals surface area (Å²) < 4.78 is 13.6. The van der Waals surface area contributed by atoms with Gasteiger partial charge >= 0.3 is 0 Å². The van der Waals surface area contributed by atoms with Crippen LogP contribution in [-0.4, -0.2) is 24.1 Å². The predicted octanol–water partition coefficient (Wildman–Crippen LogP) is 4.19. The maximum absolute atomic E-state index is 13.6. The Bertz CT molecular complexity index is 890. The smallest absolute Gasteiger partial charge is 0.239 e. The molecule has 2 unspecified atom stereocenters. The van der Waals surface area contributed by atoms with E-state index in [9.17, 15) is 14.0 Å². The summed E-state index contributed by atoms with van der Waals surface area (Å²) >= 11 is 7.55. The molecule has 1 fully saturated rings. The summed E-state index contributed by atoms with van der Waals surface area (Å²) in [6.07, 6.45) is 1.18. The molecule has 0 radical (unpaired) electrons. The number of anilines is 1. The molecule has 0 saturated carbocycles. The molecule has 4 nitrogen and oxygen atoms in total. The highest BCUT2D eigenvalue weighted by Crippen LogP contribution is 2.37. The molecule has 0 aromatic heterocycles. The topological polar surface area (TPSA) is 49.4 Å². The van der Waals surface area contributed by atoms with Crippen LogP contribution in [0, 0.1) is 11.7 Å². The zero-order chi connectivity index (χ0) is 19.0. The van der Waals surface area contributed by atoms with Gasteiger partial charge in [0.25, 0.3) is 0 Å². The first-order chi connectivity index (χ1) is 13.0. The number of hydrogen-bond acceptors (Lipinski definition) is 3. The van der Waals surface area contributed by atoms with E-state index in [1.165, 1.54) is 12.1 Å². The van der Waals surface area contributed by atoms with Gasteiger partial charge in [-0.3, -0.25) is 9.59 Å². The van der Waals surface area contributed by atoms with Crippen LogP contribution in [0.15, 0.2) is 47.4 Å². The van der Waals surface area contributed by atoms with E-state index in [4.69, 9.17) is 11.6 Å². The standard InChI is InChI=1S/C20H18ClFN2O2S/c21-12-1-4-14(5-2-12)24-9-7-15(20(24)26)19(25)23-17-8-10-27-18-6-3-13(22)11-16(17)18/h1-6,11,15,17H,7-10H2,(H,23,25). The van der Waals surface area contributed by atoms with Gasteiger partial charge in [-0.15, -0.1) is 11.8 Å². The fourth-order valence-corrected chi connectivity index (χ4v) is 4.82. The summed E-state index contributed by atoms with van der Waals surface area (Å²) in [5, 5.41) is 3.57. The number of hydrogen-bond donors (Lipinski definition) is 1. The lowest BCUT2D eigenvalue weighted by Gasteiger charge is -2.27. The minimum Gasteiger partial charge on any atom is -0.349 e. The summed E-state index contributed by atoms with van der Waals surface area (Å²) in [4.78, 5) is 28.1. The van der Waals surface area contributed by atoms with E-state index in [0.717, 1.165) is 21.9 Å². The van der Waals surface area contributed by atoms with Gasteiger partial charge in [0.05, 0.1) is 6.04 Å². The van der Waals surface area contributed by atoms with E-state index in [-0.39, 0.29) is 23.7 Å². The number of carbonyl (C=O) groups excluding carboxylic acids is 2. The van der Waals surface area contributed by atoms with Gasteiger partial charge in [-0.25, -0.2) is 4.39 Å². The number of amides is 2. The van der Waals surface area contributed by atoms with Crippen molar-refractivity contribution in [3.05, 3.63) is 58.9 Å². The molecule has 2 aliphatic heterocycles. The van der Waals surface area contributed by atoms with E-state index in [2.05, 4.69) is 5.32 Å². The third-order valence-electron chi connectivity index (χ3n) is 4.99. The first-order valence-corrected chi connectivity index (χ1v) is 10.2. The van der Waals surface area contributed by atoms with Crippen molar-refractivity contribution in [3.8, 4) is 0 Å². The summed E-state index contributed by atoms with van der Waals surface area (Å²) in [6.45, 7) is 0.490. The van der Waals surface area contributed by atoms with Crippen LogP contribution >= 0.6 is 23.4 Å². The largest absolute Gasteiger partial charge is 0.349 e. The molecule has 2 heterocycles. The van der Waals surface area contributed by atoms with E-state index >= 15 is 0 Å². The van der Waals surface area contributed by atoms with Crippen molar-refractivity contribution in [2.24, 2.45) is 5.92 Å². The van der Waals surface area contributed by atoms with Gasteiger partial charge < -0.3 is 10.2 Å². The molecule has 2 aliphatic rings. The van der Waals surface area contributed by atoms with Crippen molar-refractivity contribution in [2.45, 2.75) is 23.8 Å². The lowest BCUT2D eigenvalue weighted by atomic mass is 10.0. The van der Waals surface area contributed by atoms with Crippen LogP contribution in [0.4, 0.5) is 10.1 Å². The zero-order valence-corrected chi connectivity index (χ0v) is 16.0. The Kier molecular flexibility index (Phi) is 5.10. The molecule has 0 spiro atoms. The second kappa shape index (κ2) is 7.52. The Hall–Kier alpha value is -2.05. The molecule has 2 aromatic rings. The molecule has 2 amide bonds. The molecule has 0 aliphatic carbocycles. The number of nitrogens with one attached hydrogen (secondary N) is 1. The normalized spacial score (nSPS) is 21.9. The van der Waals surface area contributed by atoms with Crippen molar-refractivity contribution >= 4 is 40.9 Å². The molecule has 7 heteroatoms. The molecular weight excluding hydrogens is 387 g/mol. The Morgan fingerprint density at radius 2 is 1.96 bits per heavy atom. The van der Waals surface area contributed by atoms with Gasteiger partial charge in [0, 0.05) is 27.9 Å². The van der Waals surface area contributed by atoms with Crippen molar-refractivity contribution in [1.82, 2.24) is 5.32 Å². The Morgan fingerprint density at radius 3 is 2.74 bits per heavy atom. The number of thioether (sulfide) groups is 1. The fraction of sp³-hybridized carbons (Fsp3) is 0.300. The highest BCUT2D eigenvalue weighted by Gasteiger charge is 2.38. The van der Waals surface area contributed by atoms with Crippen LogP contribution in [0.5, 0.6) is 0 Å². The van der Waals surface area contributed by atoms with Gasteiger partial charge in [-0.2, -0.15) is 0 Å². The SMILES string of the molecule is O=C(NC1CCSc2ccc(F)cc21)C1CCN(c2ccc(Cl)cc2)C1=O. The maximum atomic E-state index is 13.6. The highest BCUT2D eigenvalue weighted by molar-refractivity contribution is 7.99. The minimum absolute atomic E-state index is 0.209. The molecule has 4 rings (SSSR count). The number of rotatable bonds is 3. The first kappa shape index (κ1) is 18.3. The molecule has 1 saturated heterocycles. The summed E-state index contributed by atoms with van der Waals surface area (Å²) in [7, 11) is 0. The monoisotopic (exact) mass is 404 g/mol. The molecular formula is C20H18ClFN2O2S. The van der Waals surface area contributed by atoms with Gasteiger partial charge in [0.1, 0.15) is 11.7 Å². The molecule has 140 valence electrons. The van der Waals surface area contributed by atoms with Crippen molar-refractivity contribution in [1.29, 1.82) is 0 Å². The predicted molar refractivity (Wildman–Crippen MR) is 105 cm³/mol. The fourth-order valence-electron chi connectivity index (χ4n) is 3.59. The molecule has 2 aromatic carbocycles. The van der Waals surface area contributed by atoms with Crippen LogP contribution < -0.4 is 10.2 Å². The van der Waals surface area contributed by atoms with Crippen molar-refractivity contribution in [2.75, 3.05) is 17.2 Å². The average Bonchev–Trinajstić information content (AvgIpc) is 3.04. The van der Waals surface area contributed by atoms with Gasteiger partial charge in [-0.05, 0) is 60.9 Å². The summed E-state index contributed by atoms with van der Waals surface area (Å²) in [5.74, 6) is -0.685. The minimum atomic E-state index is -0.715. The number of benzene rings is 2. The van der Waals surface area contributed by atoms with Gasteiger partial charge in [-0.1, -0.05) is 11.6 Å². The lowest BCUT2D eigenvalue weighted by Crippen LogP contribution is -2.39. The van der Waals surface area contributed by atoms with E-state index < -0.39 is 5.92 Å². The number of fused-ring (bicyclic) bond motifs is 1. The number of carbonyl (C=O) groups is 2. The average molecular weight is 405 g/mol. The number of halogens is 2. The Morgan fingerprint density at radius 1 is 1.19 bits per heavy atom. The zero-order valence-electron chi connectivity index (χ0n) is 14.5. The quantitative estimate of drug-likeness (QED) is 0.780. The Labute approximate surface area is 166 Å². The Balaban J connectivity index is 1.48. The van der Waals surface area contributed by atoms with Crippen LogP contribution in [0.3, 0.4) is 0 Å². The lowest BCUT2D eigenvalue weighted by molar-refractivity contribution is -0.132. The summed E-state index contributed by atoms with van der Waals surface area (Å²) in [6, 6.07) is 11.4. The third kappa shape index (κ3) is 3.69.